The lowest BCUT2D eigenvalue weighted by atomic mass is 10.2. The van der Waals surface area contributed by atoms with E-state index in [9.17, 15) is 4.79 Å². The molecule has 1 aromatic heterocycles. The number of hydrogen-bond acceptors (Lipinski definition) is 6. The Morgan fingerprint density at radius 3 is 2.60 bits per heavy atom. The molecule has 1 aromatic rings. The van der Waals surface area contributed by atoms with Gasteiger partial charge in [0.05, 0.1) is 7.11 Å². The monoisotopic (exact) mass is 278 g/mol. The minimum absolute atomic E-state index is 0.305. The second kappa shape index (κ2) is 6.07. The Labute approximate surface area is 119 Å². The van der Waals surface area contributed by atoms with Crippen LogP contribution in [0.25, 0.3) is 0 Å². The highest BCUT2D eigenvalue weighted by Gasteiger charge is 2.28. The molecule has 0 amide bonds. The first-order valence-electron chi connectivity index (χ1n) is 7.03. The van der Waals surface area contributed by atoms with E-state index in [0.717, 1.165) is 36.6 Å². The van der Waals surface area contributed by atoms with Gasteiger partial charge in [-0.2, -0.15) is 0 Å². The van der Waals surface area contributed by atoms with Crippen molar-refractivity contribution in [3.63, 3.8) is 0 Å². The molecule has 1 saturated carbocycles. The summed E-state index contributed by atoms with van der Waals surface area (Å²) in [6.07, 6.45) is 2.28. The zero-order valence-corrected chi connectivity index (χ0v) is 12.5. The van der Waals surface area contributed by atoms with E-state index >= 15 is 0 Å². The highest BCUT2D eigenvalue weighted by molar-refractivity contribution is 5.79. The van der Waals surface area contributed by atoms with E-state index in [1.54, 1.807) is 6.92 Å². The molecule has 1 fully saturated rings. The van der Waals surface area contributed by atoms with E-state index in [1.807, 2.05) is 13.8 Å². The van der Waals surface area contributed by atoms with Crippen LogP contribution in [0.15, 0.2) is 0 Å². The number of nitrogens with one attached hydrogen (secondary N) is 2. The molecule has 20 heavy (non-hydrogen) atoms. The average molecular weight is 278 g/mol. The van der Waals surface area contributed by atoms with E-state index in [-0.39, 0.29) is 5.97 Å². The number of carbonyl (C=O) groups is 1. The fourth-order valence-electron chi connectivity index (χ4n) is 1.98. The van der Waals surface area contributed by atoms with Crippen LogP contribution in [0.3, 0.4) is 0 Å². The van der Waals surface area contributed by atoms with Gasteiger partial charge in [0.2, 0.25) is 0 Å². The number of ether oxygens (including phenoxy) is 1. The van der Waals surface area contributed by atoms with Gasteiger partial charge >= 0.3 is 5.97 Å². The molecule has 0 aliphatic heterocycles. The van der Waals surface area contributed by atoms with Crippen molar-refractivity contribution in [3.05, 3.63) is 11.4 Å². The zero-order chi connectivity index (χ0) is 14.7. The van der Waals surface area contributed by atoms with E-state index in [0.29, 0.717) is 11.7 Å². The molecule has 2 rings (SSSR count). The molecule has 0 aromatic carbocycles. The van der Waals surface area contributed by atoms with Crippen molar-refractivity contribution in [3.8, 4) is 0 Å². The fourth-order valence-corrected chi connectivity index (χ4v) is 1.98. The Morgan fingerprint density at radius 2 is 2.05 bits per heavy atom. The number of anilines is 2. The molecule has 1 aliphatic carbocycles. The van der Waals surface area contributed by atoms with E-state index in [2.05, 4.69) is 20.6 Å². The summed E-state index contributed by atoms with van der Waals surface area (Å²) in [6, 6.07) is -0.435. The van der Waals surface area contributed by atoms with Gasteiger partial charge in [0.15, 0.2) is 0 Å². The van der Waals surface area contributed by atoms with E-state index in [4.69, 9.17) is 4.74 Å². The molecule has 0 spiro atoms. The smallest absolute Gasteiger partial charge is 0.328 e. The summed E-state index contributed by atoms with van der Waals surface area (Å²) in [6.45, 7) is 6.54. The van der Waals surface area contributed by atoms with E-state index in [1.165, 1.54) is 7.11 Å². The van der Waals surface area contributed by atoms with Gasteiger partial charge in [0.25, 0.3) is 0 Å². The predicted molar refractivity (Wildman–Crippen MR) is 78.0 cm³/mol. The Balaban J connectivity index is 2.27. The highest BCUT2D eigenvalue weighted by atomic mass is 16.5. The Morgan fingerprint density at radius 1 is 1.40 bits per heavy atom. The molecule has 0 bridgehead atoms. The quantitative estimate of drug-likeness (QED) is 0.776. The van der Waals surface area contributed by atoms with Gasteiger partial charge in [0.1, 0.15) is 23.5 Å². The number of hydrogen-bond donors (Lipinski definition) is 2. The molecule has 6 heteroatoms. The first-order chi connectivity index (χ1) is 9.56. The Bertz CT molecular complexity index is 500. The van der Waals surface area contributed by atoms with Gasteiger partial charge in [-0.25, -0.2) is 14.8 Å². The van der Waals surface area contributed by atoms with Gasteiger partial charge < -0.3 is 15.4 Å². The molecule has 1 atom stereocenters. The topological polar surface area (TPSA) is 76.1 Å². The minimum atomic E-state index is -0.435. The van der Waals surface area contributed by atoms with Gasteiger partial charge in [0, 0.05) is 18.0 Å². The third kappa shape index (κ3) is 3.18. The molecule has 1 unspecified atom stereocenters. The standard InChI is InChI=1S/C14H22N4O2/c1-5-15-11-8(2)12(16-9(3)14(19)20-4)18-13(17-11)10-6-7-10/h9-10H,5-7H2,1-4H3,(H2,15,16,17,18). The molecule has 6 nitrogen and oxygen atoms in total. The van der Waals surface area contributed by atoms with Crippen molar-refractivity contribution in [1.29, 1.82) is 0 Å². The van der Waals surface area contributed by atoms with Crippen molar-refractivity contribution in [1.82, 2.24) is 9.97 Å². The number of nitrogens with zero attached hydrogens (tertiary/aromatic N) is 2. The summed E-state index contributed by atoms with van der Waals surface area (Å²) in [5, 5.41) is 6.37. The summed E-state index contributed by atoms with van der Waals surface area (Å²) in [5.74, 6) is 2.55. The number of methoxy groups -OCH3 is 1. The Hall–Kier alpha value is -1.85. The third-order valence-electron chi connectivity index (χ3n) is 3.36. The normalized spacial score (nSPS) is 15.6. The van der Waals surface area contributed by atoms with E-state index < -0.39 is 6.04 Å². The van der Waals surface area contributed by atoms with Crippen LogP contribution in [0, 0.1) is 6.92 Å². The first kappa shape index (κ1) is 14.6. The fraction of sp³-hybridized carbons (Fsp3) is 0.643. The average Bonchev–Trinajstić information content (AvgIpc) is 3.26. The largest absolute Gasteiger partial charge is 0.467 e. The van der Waals surface area contributed by atoms with Crippen molar-refractivity contribution < 1.29 is 9.53 Å². The molecule has 110 valence electrons. The summed E-state index contributed by atoms with van der Waals surface area (Å²) in [7, 11) is 1.38. The van der Waals surface area contributed by atoms with Crippen LogP contribution < -0.4 is 10.6 Å². The number of esters is 1. The van der Waals surface area contributed by atoms with Crippen LogP contribution in [0.2, 0.25) is 0 Å². The number of aromatic nitrogens is 2. The summed E-state index contributed by atoms with van der Waals surface area (Å²) in [4.78, 5) is 20.7. The van der Waals surface area contributed by atoms with Gasteiger partial charge in [-0.15, -0.1) is 0 Å². The SMILES string of the molecule is CCNc1nc(C2CC2)nc(NC(C)C(=O)OC)c1C. The highest BCUT2D eigenvalue weighted by Crippen LogP contribution is 2.39. The molecule has 1 heterocycles. The lowest BCUT2D eigenvalue weighted by Gasteiger charge is -2.17. The predicted octanol–water partition coefficient (Wildman–Crippen LogP) is 2.07. The number of rotatable bonds is 6. The third-order valence-corrected chi connectivity index (χ3v) is 3.36. The van der Waals surface area contributed by atoms with Crippen LogP contribution in [-0.2, 0) is 9.53 Å². The van der Waals surface area contributed by atoms with Gasteiger partial charge in [-0.3, -0.25) is 0 Å². The van der Waals surface area contributed by atoms with Crippen molar-refractivity contribution in [2.75, 3.05) is 24.3 Å². The lowest BCUT2D eigenvalue weighted by molar-refractivity contribution is -0.141. The van der Waals surface area contributed by atoms with Crippen LogP contribution >= 0.6 is 0 Å². The number of carbonyl (C=O) groups excluding carboxylic acids is 1. The molecular formula is C14H22N4O2. The summed E-state index contributed by atoms with van der Waals surface area (Å²) in [5.41, 5.74) is 0.923. The van der Waals surface area contributed by atoms with Crippen LogP contribution in [-0.4, -0.2) is 35.6 Å². The van der Waals surface area contributed by atoms with Gasteiger partial charge in [-0.05, 0) is 33.6 Å². The van der Waals surface area contributed by atoms with Crippen molar-refractivity contribution in [2.45, 2.75) is 45.6 Å². The summed E-state index contributed by atoms with van der Waals surface area (Å²) >= 11 is 0. The van der Waals surface area contributed by atoms with Crippen LogP contribution in [0.1, 0.15) is 44.0 Å². The van der Waals surface area contributed by atoms with Crippen molar-refractivity contribution >= 4 is 17.6 Å². The van der Waals surface area contributed by atoms with Gasteiger partial charge in [-0.1, -0.05) is 0 Å². The minimum Gasteiger partial charge on any atom is -0.467 e. The first-order valence-corrected chi connectivity index (χ1v) is 7.03. The molecule has 1 aliphatic rings. The van der Waals surface area contributed by atoms with Crippen LogP contribution in [0.4, 0.5) is 11.6 Å². The zero-order valence-electron chi connectivity index (χ0n) is 12.5. The second-order valence-electron chi connectivity index (χ2n) is 5.10. The maximum Gasteiger partial charge on any atom is 0.328 e. The molecule has 2 N–H and O–H groups in total. The second-order valence-corrected chi connectivity index (χ2v) is 5.10. The molecule has 0 radical (unpaired) electrons. The summed E-state index contributed by atoms with van der Waals surface area (Å²) < 4.78 is 4.73. The Kier molecular flexibility index (Phi) is 4.42. The maximum absolute atomic E-state index is 11.5. The van der Waals surface area contributed by atoms with Crippen molar-refractivity contribution in [2.24, 2.45) is 0 Å². The molecular weight excluding hydrogens is 256 g/mol. The molecule has 0 saturated heterocycles. The lowest BCUT2D eigenvalue weighted by Crippen LogP contribution is -2.28. The van der Waals surface area contributed by atoms with Crippen LogP contribution in [0.5, 0.6) is 0 Å². The maximum atomic E-state index is 11.5.